The van der Waals surface area contributed by atoms with E-state index in [1.165, 1.54) is 12.1 Å². The Hall–Kier alpha value is -2.93. The number of sulfonamides is 1. The predicted molar refractivity (Wildman–Crippen MR) is 102 cm³/mol. The quantitative estimate of drug-likeness (QED) is 0.725. The minimum atomic E-state index is -3.86. The number of carbonyl (C=O) groups is 1. The van der Waals surface area contributed by atoms with Gasteiger partial charge in [0.05, 0.1) is 10.9 Å². The summed E-state index contributed by atoms with van der Waals surface area (Å²) in [6.07, 6.45) is 0.343. The molecule has 0 aromatic heterocycles. The van der Waals surface area contributed by atoms with Crippen molar-refractivity contribution in [2.45, 2.75) is 17.4 Å². The molecule has 0 radical (unpaired) electrons. The molecule has 138 valence electrons. The second-order valence-electron chi connectivity index (χ2n) is 6.52. The molecule has 4 rings (SSSR count). The molecule has 1 atom stereocenters. The van der Waals surface area contributed by atoms with Crippen LogP contribution in [0, 0.1) is 0 Å². The molecule has 1 aliphatic rings. The van der Waals surface area contributed by atoms with Crippen molar-refractivity contribution in [3.63, 3.8) is 0 Å². The maximum absolute atomic E-state index is 12.8. The Balaban J connectivity index is 1.65. The molecular weight excluding hydrogens is 367 g/mol. The molecule has 1 amide bonds. The van der Waals surface area contributed by atoms with E-state index in [0.29, 0.717) is 17.7 Å². The smallest absolute Gasteiger partial charge is 0.261 e. The molecule has 7 heteroatoms. The van der Waals surface area contributed by atoms with Crippen LogP contribution in [-0.2, 0) is 16.4 Å². The highest BCUT2D eigenvalue weighted by Gasteiger charge is 2.26. The summed E-state index contributed by atoms with van der Waals surface area (Å²) in [4.78, 5) is 12.1. The van der Waals surface area contributed by atoms with Gasteiger partial charge in [-0.1, -0.05) is 36.4 Å². The number of hydrogen-bond donors (Lipinski definition) is 2. The molecule has 1 unspecified atom stereocenters. The Morgan fingerprint density at radius 2 is 1.81 bits per heavy atom. The molecule has 0 saturated carbocycles. The van der Waals surface area contributed by atoms with Crippen molar-refractivity contribution in [2.75, 3.05) is 11.4 Å². The van der Waals surface area contributed by atoms with Crippen LogP contribution in [0.2, 0.25) is 0 Å². The maximum atomic E-state index is 12.8. The van der Waals surface area contributed by atoms with Crippen LogP contribution in [0.4, 0.5) is 10.1 Å². The fourth-order valence-electron chi connectivity index (χ4n) is 3.25. The van der Waals surface area contributed by atoms with Crippen molar-refractivity contribution in [1.82, 2.24) is 5.32 Å². The first-order chi connectivity index (χ1) is 13.0. The van der Waals surface area contributed by atoms with Crippen molar-refractivity contribution < 1.29 is 17.6 Å². The molecule has 0 spiro atoms. The number of halogens is 1. The first-order valence-corrected chi connectivity index (χ1v) is 9.96. The third-order valence-corrected chi connectivity index (χ3v) is 6.00. The number of alkyl halides is 1. The van der Waals surface area contributed by atoms with Gasteiger partial charge in [0.2, 0.25) is 0 Å². The van der Waals surface area contributed by atoms with Gasteiger partial charge in [0.15, 0.2) is 0 Å². The van der Waals surface area contributed by atoms with Crippen molar-refractivity contribution in [2.24, 2.45) is 0 Å². The van der Waals surface area contributed by atoms with Crippen LogP contribution in [0.15, 0.2) is 65.6 Å². The number of nitrogens with one attached hydrogen (secondary N) is 2. The fourth-order valence-corrected chi connectivity index (χ4v) is 4.33. The largest absolute Gasteiger partial charge is 0.346 e. The van der Waals surface area contributed by atoms with Gasteiger partial charge in [-0.05, 0) is 47.0 Å². The van der Waals surface area contributed by atoms with Crippen molar-refractivity contribution in [1.29, 1.82) is 0 Å². The average Bonchev–Trinajstić information content (AvgIpc) is 2.67. The van der Waals surface area contributed by atoms with Gasteiger partial charge >= 0.3 is 0 Å². The Morgan fingerprint density at radius 3 is 2.59 bits per heavy atom. The number of fused-ring (bicyclic) bond motifs is 2. The summed E-state index contributed by atoms with van der Waals surface area (Å²) in [6.45, 7) is -0.658. The topological polar surface area (TPSA) is 75.3 Å². The van der Waals surface area contributed by atoms with E-state index in [1.807, 2.05) is 30.3 Å². The minimum absolute atomic E-state index is 0.0109. The first-order valence-electron chi connectivity index (χ1n) is 8.48. The van der Waals surface area contributed by atoms with Crippen LogP contribution < -0.4 is 10.0 Å². The zero-order valence-electron chi connectivity index (χ0n) is 14.3. The molecular formula is C20H17FN2O3S. The molecule has 0 aliphatic carbocycles. The summed E-state index contributed by atoms with van der Waals surface area (Å²) in [5, 5.41) is 4.47. The Labute approximate surface area is 156 Å². The van der Waals surface area contributed by atoms with E-state index >= 15 is 0 Å². The summed E-state index contributed by atoms with van der Waals surface area (Å²) in [5.74, 6) is -0.457. The average molecular weight is 384 g/mol. The van der Waals surface area contributed by atoms with Crippen LogP contribution in [0.3, 0.4) is 0 Å². The molecule has 3 aromatic rings. The zero-order valence-corrected chi connectivity index (χ0v) is 15.1. The molecule has 2 N–H and O–H groups in total. The first kappa shape index (κ1) is 17.5. The van der Waals surface area contributed by atoms with Gasteiger partial charge in [0.1, 0.15) is 6.67 Å². The van der Waals surface area contributed by atoms with E-state index in [0.717, 1.165) is 10.8 Å². The number of carbonyl (C=O) groups excluding carboxylic acids is 1. The van der Waals surface area contributed by atoms with Crippen molar-refractivity contribution in [3.8, 4) is 0 Å². The zero-order chi connectivity index (χ0) is 19.0. The lowest BCUT2D eigenvalue weighted by molar-refractivity contribution is 0.0917. The van der Waals surface area contributed by atoms with E-state index in [2.05, 4.69) is 10.0 Å². The summed E-state index contributed by atoms with van der Waals surface area (Å²) >= 11 is 0. The van der Waals surface area contributed by atoms with Crippen LogP contribution in [0.25, 0.3) is 10.8 Å². The van der Waals surface area contributed by atoms with Gasteiger partial charge in [-0.15, -0.1) is 0 Å². The number of amides is 1. The summed E-state index contributed by atoms with van der Waals surface area (Å²) < 4.78 is 40.9. The number of anilines is 1. The SMILES string of the molecule is O=C1NC(CF)Cc2ccc(S(=O)(=O)Nc3ccc4ccccc4c3)cc21. The third kappa shape index (κ3) is 3.38. The maximum Gasteiger partial charge on any atom is 0.261 e. The van der Waals surface area contributed by atoms with Gasteiger partial charge in [-0.3, -0.25) is 9.52 Å². The van der Waals surface area contributed by atoms with Crippen LogP contribution in [-0.4, -0.2) is 27.0 Å². The highest BCUT2D eigenvalue weighted by molar-refractivity contribution is 7.92. The van der Waals surface area contributed by atoms with E-state index in [1.54, 1.807) is 18.2 Å². The molecule has 3 aromatic carbocycles. The standard InChI is InChI=1S/C20H17FN2O3S/c21-12-17-10-15-6-8-18(11-19(15)20(24)22-17)27(25,26)23-16-7-5-13-3-1-2-4-14(13)9-16/h1-9,11,17,23H,10,12H2,(H,22,24). The number of benzene rings is 3. The van der Waals surface area contributed by atoms with Crippen LogP contribution in [0.5, 0.6) is 0 Å². The van der Waals surface area contributed by atoms with E-state index in [-0.39, 0.29) is 10.5 Å². The lowest BCUT2D eigenvalue weighted by atomic mass is 9.96. The van der Waals surface area contributed by atoms with Gasteiger partial charge in [0, 0.05) is 11.3 Å². The third-order valence-electron chi connectivity index (χ3n) is 4.63. The highest BCUT2D eigenvalue weighted by atomic mass is 32.2. The summed E-state index contributed by atoms with van der Waals surface area (Å²) in [6, 6.07) is 16.7. The summed E-state index contributed by atoms with van der Waals surface area (Å²) in [5.41, 5.74) is 1.35. The van der Waals surface area contributed by atoms with Gasteiger partial charge in [-0.2, -0.15) is 0 Å². The fraction of sp³-hybridized carbons (Fsp3) is 0.150. The van der Waals surface area contributed by atoms with Gasteiger partial charge in [-0.25, -0.2) is 12.8 Å². The van der Waals surface area contributed by atoms with Crippen molar-refractivity contribution >= 4 is 32.4 Å². The molecule has 1 aliphatic heterocycles. The molecule has 0 fully saturated rings. The van der Waals surface area contributed by atoms with E-state index in [4.69, 9.17) is 0 Å². The molecule has 5 nitrogen and oxygen atoms in total. The normalized spacial score (nSPS) is 16.6. The summed E-state index contributed by atoms with van der Waals surface area (Å²) in [7, 11) is -3.86. The van der Waals surface area contributed by atoms with E-state index in [9.17, 15) is 17.6 Å². The molecule has 0 saturated heterocycles. The molecule has 0 bridgehead atoms. The van der Waals surface area contributed by atoms with Gasteiger partial charge < -0.3 is 5.32 Å². The second-order valence-corrected chi connectivity index (χ2v) is 8.20. The molecule has 1 heterocycles. The minimum Gasteiger partial charge on any atom is -0.346 e. The molecule has 27 heavy (non-hydrogen) atoms. The number of rotatable bonds is 4. The Kier molecular flexibility index (Phi) is 4.31. The van der Waals surface area contributed by atoms with Crippen LogP contribution in [0.1, 0.15) is 15.9 Å². The Bertz CT molecular complexity index is 1140. The van der Waals surface area contributed by atoms with E-state index < -0.39 is 28.6 Å². The Morgan fingerprint density at radius 1 is 1.04 bits per heavy atom. The second kappa shape index (κ2) is 6.66. The highest BCUT2D eigenvalue weighted by Crippen LogP contribution is 2.25. The lowest BCUT2D eigenvalue weighted by Gasteiger charge is -2.23. The van der Waals surface area contributed by atoms with Crippen LogP contribution >= 0.6 is 0 Å². The van der Waals surface area contributed by atoms with Crippen molar-refractivity contribution in [3.05, 3.63) is 71.8 Å². The van der Waals surface area contributed by atoms with Gasteiger partial charge in [0.25, 0.3) is 15.9 Å². The number of hydrogen-bond acceptors (Lipinski definition) is 3. The lowest BCUT2D eigenvalue weighted by Crippen LogP contribution is -2.42. The predicted octanol–water partition coefficient (Wildman–Crippen LogP) is 3.26. The monoisotopic (exact) mass is 384 g/mol.